The molecule has 0 heterocycles. The molecular formula is C12H21N3O2S. The zero-order valence-corrected chi connectivity index (χ0v) is 11.9. The molecule has 6 heteroatoms. The van der Waals surface area contributed by atoms with E-state index in [2.05, 4.69) is 4.72 Å². The van der Waals surface area contributed by atoms with Crippen molar-refractivity contribution < 1.29 is 8.42 Å². The van der Waals surface area contributed by atoms with Crippen molar-refractivity contribution in [1.29, 1.82) is 0 Å². The third-order valence-electron chi connectivity index (χ3n) is 2.83. The predicted molar refractivity (Wildman–Crippen MR) is 74.2 cm³/mol. The van der Waals surface area contributed by atoms with Gasteiger partial charge in [-0.3, -0.25) is 0 Å². The van der Waals surface area contributed by atoms with Gasteiger partial charge in [-0.15, -0.1) is 0 Å². The Morgan fingerprint density at radius 1 is 1.28 bits per heavy atom. The Balaban J connectivity index is 2.88. The molecule has 5 nitrogen and oxygen atoms in total. The topological polar surface area (TPSA) is 75.4 Å². The first-order chi connectivity index (χ1) is 8.42. The lowest BCUT2D eigenvalue weighted by Gasteiger charge is -2.23. The van der Waals surface area contributed by atoms with E-state index in [1.165, 1.54) is 4.31 Å². The number of nitrogens with one attached hydrogen (secondary N) is 1. The smallest absolute Gasteiger partial charge is 0.279 e. The second-order valence-corrected chi connectivity index (χ2v) is 5.76. The number of rotatable bonds is 6. The maximum atomic E-state index is 12.1. The van der Waals surface area contributed by atoms with E-state index in [-0.39, 0.29) is 6.04 Å². The summed E-state index contributed by atoms with van der Waals surface area (Å²) in [5, 5.41) is 0. The lowest BCUT2D eigenvalue weighted by atomic mass is 10.1. The Morgan fingerprint density at radius 2 is 1.83 bits per heavy atom. The molecule has 0 aliphatic carbocycles. The minimum atomic E-state index is -3.46. The van der Waals surface area contributed by atoms with Crippen LogP contribution in [-0.4, -0.2) is 25.8 Å². The number of anilines is 1. The van der Waals surface area contributed by atoms with E-state index in [0.29, 0.717) is 18.8 Å². The molecule has 0 radical (unpaired) electrons. The van der Waals surface area contributed by atoms with Crippen molar-refractivity contribution in [3.63, 3.8) is 0 Å². The Bertz CT molecular complexity index is 484. The molecule has 1 aromatic carbocycles. The maximum Gasteiger partial charge on any atom is 0.279 e. The van der Waals surface area contributed by atoms with Crippen molar-refractivity contribution in [2.24, 2.45) is 0 Å². The molecule has 0 fully saturated rings. The third-order valence-corrected chi connectivity index (χ3v) is 4.68. The van der Waals surface area contributed by atoms with Crippen LogP contribution in [0.2, 0.25) is 0 Å². The minimum Gasteiger partial charge on any atom is -0.398 e. The lowest BCUT2D eigenvalue weighted by molar-refractivity contribution is 0.429. The monoisotopic (exact) mass is 271 g/mol. The number of hydrogen-bond donors (Lipinski definition) is 2. The molecule has 1 rings (SSSR count). The molecule has 1 unspecified atom stereocenters. The predicted octanol–water partition coefficient (Wildman–Crippen LogP) is 1.51. The average molecular weight is 271 g/mol. The van der Waals surface area contributed by atoms with Gasteiger partial charge >= 0.3 is 0 Å². The van der Waals surface area contributed by atoms with Crippen LogP contribution >= 0.6 is 0 Å². The summed E-state index contributed by atoms with van der Waals surface area (Å²) in [6.45, 7) is 6.30. The molecule has 0 saturated heterocycles. The molecule has 0 spiro atoms. The van der Waals surface area contributed by atoms with Crippen molar-refractivity contribution >= 4 is 15.9 Å². The van der Waals surface area contributed by atoms with Gasteiger partial charge in [0.05, 0.1) is 0 Å². The maximum absolute atomic E-state index is 12.1. The van der Waals surface area contributed by atoms with Crippen LogP contribution in [0.15, 0.2) is 24.3 Å². The Labute approximate surface area is 109 Å². The molecule has 0 saturated carbocycles. The summed E-state index contributed by atoms with van der Waals surface area (Å²) in [5.41, 5.74) is 7.21. The normalized spacial score (nSPS) is 13.8. The fourth-order valence-corrected chi connectivity index (χ4v) is 3.23. The SMILES string of the molecule is CCN(CC)S(=O)(=O)NC(C)c1ccccc1N. The van der Waals surface area contributed by atoms with Gasteiger partial charge in [-0.25, -0.2) is 0 Å². The van der Waals surface area contributed by atoms with Crippen LogP contribution in [0.25, 0.3) is 0 Å². The van der Waals surface area contributed by atoms with E-state index >= 15 is 0 Å². The third kappa shape index (κ3) is 3.44. The molecule has 1 atom stereocenters. The molecule has 3 N–H and O–H groups in total. The molecule has 0 aliphatic heterocycles. The van der Waals surface area contributed by atoms with Gasteiger partial charge in [0, 0.05) is 24.8 Å². The summed E-state index contributed by atoms with van der Waals surface area (Å²) in [7, 11) is -3.46. The first-order valence-electron chi connectivity index (χ1n) is 6.04. The van der Waals surface area contributed by atoms with Gasteiger partial charge in [0.2, 0.25) is 0 Å². The summed E-state index contributed by atoms with van der Waals surface area (Å²) in [6, 6.07) is 6.90. The molecule has 102 valence electrons. The summed E-state index contributed by atoms with van der Waals surface area (Å²) in [5.74, 6) is 0. The van der Waals surface area contributed by atoms with E-state index in [1.54, 1.807) is 13.0 Å². The lowest BCUT2D eigenvalue weighted by Crippen LogP contribution is -2.41. The molecule has 1 aromatic rings. The molecule has 0 bridgehead atoms. The summed E-state index contributed by atoms with van der Waals surface area (Å²) in [6.07, 6.45) is 0. The van der Waals surface area contributed by atoms with Crippen LogP contribution in [0.3, 0.4) is 0 Å². The van der Waals surface area contributed by atoms with E-state index in [9.17, 15) is 8.42 Å². The number of hydrogen-bond acceptors (Lipinski definition) is 3. The number of nitrogens with two attached hydrogens (primary N) is 1. The molecule has 0 amide bonds. The van der Waals surface area contributed by atoms with Crippen LogP contribution < -0.4 is 10.5 Å². The van der Waals surface area contributed by atoms with Crippen molar-refractivity contribution in [2.45, 2.75) is 26.8 Å². The number of para-hydroxylation sites is 1. The van der Waals surface area contributed by atoms with Gasteiger partial charge < -0.3 is 5.73 Å². The second kappa shape index (κ2) is 6.17. The molecule has 0 aromatic heterocycles. The molecule has 18 heavy (non-hydrogen) atoms. The fraction of sp³-hybridized carbons (Fsp3) is 0.500. The highest BCUT2D eigenvalue weighted by Gasteiger charge is 2.22. The quantitative estimate of drug-likeness (QED) is 0.770. The molecule has 0 aliphatic rings. The van der Waals surface area contributed by atoms with Crippen LogP contribution in [0, 0.1) is 0 Å². The summed E-state index contributed by atoms with van der Waals surface area (Å²) < 4.78 is 28.1. The zero-order chi connectivity index (χ0) is 13.8. The van der Waals surface area contributed by atoms with Gasteiger partial charge in [0.1, 0.15) is 0 Å². The first kappa shape index (κ1) is 14.9. The van der Waals surface area contributed by atoms with Crippen LogP contribution in [-0.2, 0) is 10.2 Å². The first-order valence-corrected chi connectivity index (χ1v) is 7.48. The van der Waals surface area contributed by atoms with Gasteiger partial charge in [-0.2, -0.15) is 17.4 Å². The number of nitrogens with zero attached hydrogens (tertiary/aromatic N) is 1. The van der Waals surface area contributed by atoms with Gasteiger partial charge in [-0.05, 0) is 18.6 Å². The average Bonchev–Trinajstić information content (AvgIpc) is 2.29. The fourth-order valence-electron chi connectivity index (χ4n) is 1.83. The van der Waals surface area contributed by atoms with E-state index < -0.39 is 10.2 Å². The van der Waals surface area contributed by atoms with Gasteiger partial charge in [0.25, 0.3) is 10.2 Å². The highest BCUT2D eigenvalue weighted by molar-refractivity contribution is 7.87. The summed E-state index contributed by atoms with van der Waals surface area (Å²) >= 11 is 0. The Morgan fingerprint density at radius 3 is 2.33 bits per heavy atom. The minimum absolute atomic E-state index is 0.350. The standard InChI is InChI=1S/C12H21N3O2S/c1-4-15(5-2)18(16,17)14-10(3)11-8-6-7-9-12(11)13/h6-10,14H,4-5,13H2,1-3H3. The van der Waals surface area contributed by atoms with Crippen molar-refractivity contribution in [1.82, 2.24) is 9.03 Å². The number of benzene rings is 1. The largest absolute Gasteiger partial charge is 0.398 e. The summed E-state index contributed by atoms with van der Waals surface area (Å²) in [4.78, 5) is 0. The Hall–Kier alpha value is -1.11. The zero-order valence-electron chi connectivity index (χ0n) is 11.1. The van der Waals surface area contributed by atoms with Crippen molar-refractivity contribution in [2.75, 3.05) is 18.8 Å². The second-order valence-electron chi connectivity index (χ2n) is 4.06. The highest BCUT2D eigenvalue weighted by Crippen LogP contribution is 2.20. The molecular weight excluding hydrogens is 250 g/mol. The Kier molecular flexibility index (Phi) is 5.13. The van der Waals surface area contributed by atoms with Crippen LogP contribution in [0.5, 0.6) is 0 Å². The van der Waals surface area contributed by atoms with Gasteiger partial charge in [-0.1, -0.05) is 32.0 Å². The number of nitrogen functional groups attached to an aromatic ring is 1. The van der Waals surface area contributed by atoms with Crippen molar-refractivity contribution in [3.8, 4) is 0 Å². The van der Waals surface area contributed by atoms with E-state index in [1.807, 2.05) is 32.0 Å². The van der Waals surface area contributed by atoms with Crippen molar-refractivity contribution in [3.05, 3.63) is 29.8 Å². The van der Waals surface area contributed by atoms with E-state index in [4.69, 9.17) is 5.73 Å². The highest BCUT2D eigenvalue weighted by atomic mass is 32.2. The van der Waals surface area contributed by atoms with E-state index in [0.717, 1.165) is 5.56 Å². The van der Waals surface area contributed by atoms with Crippen LogP contribution in [0.1, 0.15) is 32.4 Å². The van der Waals surface area contributed by atoms with Crippen LogP contribution in [0.4, 0.5) is 5.69 Å². The van der Waals surface area contributed by atoms with Gasteiger partial charge in [0.15, 0.2) is 0 Å².